The zero-order valence-electron chi connectivity index (χ0n) is 13.7. The highest BCUT2D eigenvalue weighted by molar-refractivity contribution is 6.53. The van der Waals surface area contributed by atoms with Gasteiger partial charge in [0.25, 0.3) is 5.91 Å². The molecule has 0 fully saturated rings. The Morgan fingerprint density at radius 2 is 1.48 bits per heavy atom. The Morgan fingerprint density at radius 3 is 1.89 bits per heavy atom. The van der Waals surface area contributed by atoms with Gasteiger partial charge in [-0.15, -0.1) is 0 Å². The van der Waals surface area contributed by atoms with E-state index >= 15 is 0 Å². The van der Waals surface area contributed by atoms with E-state index in [1.807, 2.05) is 0 Å². The monoisotopic (exact) mass is 423 g/mol. The summed E-state index contributed by atoms with van der Waals surface area (Å²) in [6, 6.07) is 9.50. The van der Waals surface area contributed by atoms with Gasteiger partial charge < -0.3 is 10.4 Å². The first-order chi connectivity index (χ1) is 12.6. The number of alkyl halides is 6. The van der Waals surface area contributed by atoms with Gasteiger partial charge in [0.1, 0.15) is 12.8 Å². The Morgan fingerprint density at radius 1 is 1.00 bits per heavy atom. The van der Waals surface area contributed by atoms with Crippen LogP contribution in [0.5, 0.6) is 0 Å². The number of rotatable bonds is 6. The van der Waals surface area contributed by atoms with Crippen LogP contribution < -0.4 is 5.32 Å². The Hall–Kier alpha value is -1.83. The molecule has 0 saturated carbocycles. The van der Waals surface area contributed by atoms with E-state index in [9.17, 15) is 27.5 Å². The molecule has 0 aliphatic rings. The molecule has 0 aromatic heterocycles. The number of nitrogens with one attached hydrogen (secondary N) is 1. The van der Waals surface area contributed by atoms with Crippen molar-refractivity contribution in [3.63, 3.8) is 0 Å². The number of aliphatic hydroxyl groups is 1. The molecule has 9 heteroatoms. The van der Waals surface area contributed by atoms with Gasteiger partial charge in [-0.3, -0.25) is 4.79 Å². The maximum Gasteiger partial charge on any atom is 0.416 e. The van der Waals surface area contributed by atoms with Gasteiger partial charge in [0.15, 0.2) is 4.84 Å². The second-order valence-electron chi connectivity index (χ2n) is 5.71. The van der Waals surface area contributed by atoms with Crippen LogP contribution >= 0.6 is 23.2 Å². The maximum absolute atomic E-state index is 13.1. The number of amides is 1. The summed E-state index contributed by atoms with van der Waals surface area (Å²) < 4.78 is 51.0. The number of carbonyl (C=O) groups is 1. The second kappa shape index (κ2) is 8.91. The third-order valence-corrected chi connectivity index (χ3v) is 4.27. The minimum absolute atomic E-state index is 0.314. The van der Waals surface area contributed by atoms with Crippen LogP contribution in [0, 0.1) is 0 Å². The van der Waals surface area contributed by atoms with E-state index < -0.39 is 41.3 Å². The first kappa shape index (κ1) is 21.5. The van der Waals surface area contributed by atoms with Gasteiger partial charge in [0.2, 0.25) is 0 Å². The van der Waals surface area contributed by atoms with Gasteiger partial charge >= 0.3 is 6.18 Å². The van der Waals surface area contributed by atoms with Crippen molar-refractivity contribution >= 4 is 29.1 Å². The quantitative estimate of drug-likeness (QED) is 0.524. The number of benzene rings is 2. The van der Waals surface area contributed by atoms with E-state index in [2.05, 4.69) is 5.32 Å². The van der Waals surface area contributed by atoms with E-state index in [4.69, 9.17) is 23.2 Å². The lowest BCUT2D eigenvalue weighted by Gasteiger charge is -2.22. The van der Waals surface area contributed by atoms with Crippen molar-refractivity contribution in [2.45, 2.75) is 23.2 Å². The van der Waals surface area contributed by atoms with Crippen LogP contribution in [-0.4, -0.2) is 28.6 Å². The van der Waals surface area contributed by atoms with E-state index in [-0.39, 0.29) is 0 Å². The average molecular weight is 424 g/mol. The van der Waals surface area contributed by atoms with E-state index in [0.717, 1.165) is 12.1 Å². The van der Waals surface area contributed by atoms with E-state index in [1.54, 1.807) is 12.1 Å². The SMILES string of the molecule is O=C(NC(CF)C(O)c1ccc(-c2ccc(C(F)(F)F)cc2)cc1)C(Cl)Cl. The molecular formula is C18H15Cl2F4NO2. The normalized spacial score (nSPS) is 14.1. The van der Waals surface area contributed by atoms with Crippen LogP contribution in [0.3, 0.4) is 0 Å². The predicted molar refractivity (Wildman–Crippen MR) is 95.2 cm³/mol. The lowest BCUT2D eigenvalue weighted by atomic mass is 9.98. The van der Waals surface area contributed by atoms with Gasteiger partial charge in [-0.1, -0.05) is 59.6 Å². The molecular weight excluding hydrogens is 409 g/mol. The van der Waals surface area contributed by atoms with Gasteiger partial charge in [0, 0.05) is 0 Å². The minimum Gasteiger partial charge on any atom is -0.386 e. The number of hydrogen-bond donors (Lipinski definition) is 2. The highest BCUT2D eigenvalue weighted by atomic mass is 35.5. The molecule has 0 bridgehead atoms. The smallest absolute Gasteiger partial charge is 0.386 e. The molecule has 2 aromatic rings. The molecule has 3 nitrogen and oxygen atoms in total. The molecule has 0 saturated heterocycles. The number of hydrogen-bond acceptors (Lipinski definition) is 2. The summed E-state index contributed by atoms with van der Waals surface area (Å²) in [6.45, 7) is -1.05. The molecule has 0 aliphatic heterocycles. The first-order valence-corrected chi connectivity index (χ1v) is 8.61. The Kier molecular flexibility index (Phi) is 7.08. The zero-order chi connectivity index (χ0) is 20.2. The summed E-state index contributed by atoms with van der Waals surface area (Å²) in [7, 11) is 0. The summed E-state index contributed by atoms with van der Waals surface area (Å²) in [6.07, 6.45) is -5.77. The fraction of sp³-hybridized carbons (Fsp3) is 0.278. The van der Waals surface area contributed by atoms with Crippen molar-refractivity contribution in [3.8, 4) is 11.1 Å². The molecule has 2 rings (SSSR count). The molecule has 0 aliphatic carbocycles. The van der Waals surface area contributed by atoms with E-state index in [0.29, 0.717) is 16.7 Å². The first-order valence-electron chi connectivity index (χ1n) is 7.73. The van der Waals surface area contributed by atoms with Gasteiger partial charge in [-0.2, -0.15) is 13.2 Å². The summed E-state index contributed by atoms with van der Waals surface area (Å²) in [5.74, 6) is -0.832. The van der Waals surface area contributed by atoms with Gasteiger partial charge in [0.05, 0.1) is 11.6 Å². The molecule has 0 spiro atoms. The largest absolute Gasteiger partial charge is 0.416 e. The summed E-state index contributed by atoms with van der Waals surface area (Å²) in [5.41, 5.74) is 0.722. The number of aliphatic hydroxyl groups excluding tert-OH is 1. The summed E-state index contributed by atoms with van der Waals surface area (Å²) in [4.78, 5) is 10.1. The highest BCUT2D eigenvalue weighted by Crippen LogP contribution is 2.31. The molecule has 2 aromatic carbocycles. The van der Waals surface area contributed by atoms with Crippen LogP contribution in [0.15, 0.2) is 48.5 Å². The fourth-order valence-corrected chi connectivity index (χ4v) is 2.53. The van der Waals surface area contributed by atoms with Crippen LogP contribution in [0.25, 0.3) is 11.1 Å². The van der Waals surface area contributed by atoms with Gasteiger partial charge in [-0.25, -0.2) is 4.39 Å². The molecule has 27 heavy (non-hydrogen) atoms. The molecule has 0 radical (unpaired) electrons. The third-order valence-electron chi connectivity index (χ3n) is 3.87. The minimum atomic E-state index is -4.41. The average Bonchev–Trinajstić information content (AvgIpc) is 2.64. The Labute approximate surface area is 162 Å². The molecule has 1 amide bonds. The maximum atomic E-state index is 13.1. The standard InChI is InChI=1S/C18H15Cl2F4NO2/c19-16(20)17(27)25-14(9-21)15(26)12-3-1-10(2-4-12)11-5-7-13(8-6-11)18(22,23)24/h1-8,14-16,26H,9H2,(H,25,27). The highest BCUT2D eigenvalue weighted by Gasteiger charge is 2.30. The van der Waals surface area contributed by atoms with Crippen molar-refractivity contribution in [1.82, 2.24) is 5.32 Å². The number of carbonyl (C=O) groups excluding carboxylic acids is 1. The third kappa shape index (κ3) is 5.57. The van der Waals surface area contributed by atoms with Crippen molar-refractivity contribution in [2.75, 3.05) is 6.67 Å². The van der Waals surface area contributed by atoms with Crippen molar-refractivity contribution in [2.24, 2.45) is 0 Å². The Bertz CT molecular complexity index is 764. The van der Waals surface area contributed by atoms with Crippen molar-refractivity contribution < 1.29 is 27.5 Å². The topological polar surface area (TPSA) is 49.3 Å². The van der Waals surface area contributed by atoms with Gasteiger partial charge in [-0.05, 0) is 28.8 Å². The molecule has 2 atom stereocenters. The van der Waals surface area contributed by atoms with E-state index in [1.165, 1.54) is 24.3 Å². The van der Waals surface area contributed by atoms with Crippen LogP contribution in [0.1, 0.15) is 17.2 Å². The number of halogens is 6. The fourth-order valence-electron chi connectivity index (χ4n) is 2.40. The van der Waals surface area contributed by atoms with Crippen LogP contribution in [0.2, 0.25) is 0 Å². The molecule has 0 heterocycles. The molecule has 2 unspecified atom stereocenters. The molecule has 2 N–H and O–H groups in total. The second-order valence-corrected chi connectivity index (χ2v) is 6.81. The van der Waals surface area contributed by atoms with Crippen LogP contribution in [-0.2, 0) is 11.0 Å². The summed E-state index contributed by atoms with van der Waals surface area (Å²) in [5, 5.41) is 12.4. The van der Waals surface area contributed by atoms with Crippen molar-refractivity contribution in [1.29, 1.82) is 0 Å². The summed E-state index contributed by atoms with van der Waals surface area (Å²) >= 11 is 10.8. The predicted octanol–water partition coefficient (Wildman–Crippen LogP) is 4.66. The zero-order valence-corrected chi connectivity index (χ0v) is 15.2. The lowest BCUT2D eigenvalue weighted by molar-refractivity contribution is -0.137. The van der Waals surface area contributed by atoms with Crippen molar-refractivity contribution in [3.05, 3.63) is 59.7 Å². The Balaban J connectivity index is 2.15. The van der Waals surface area contributed by atoms with Crippen LogP contribution in [0.4, 0.5) is 17.6 Å². The lowest BCUT2D eigenvalue weighted by Crippen LogP contribution is -2.43. The molecule has 146 valence electrons.